The average molecular weight is 374 g/mol. The minimum absolute atomic E-state index is 0.00477. The molecule has 1 heterocycles. The Balaban J connectivity index is 1.61. The number of hydrogen-bond donors (Lipinski definition) is 1. The third kappa shape index (κ3) is 2.79. The van der Waals surface area contributed by atoms with E-state index in [0.717, 1.165) is 14.9 Å². The van der Waals surface area contributed by atoms with Gasteiger partial charge in [0.1, 0.15) is 30.2 Å². The van der Waals surface area contributed by atoms with Crippen LogP contribution in [0.25, 0.3) is 0 Å². The Morgan fingerprint density at radius 2 is 2.00 bits per heavy atom. The van der Waals surface area contributed by atoms with E-state index in [1.165, 1.54) is 0 Å². The van der Waals surface area contributed by atoms with E-state index < -0.39 is 6.10 Å². The molecule has 19 heavy (non-hydrogen) atoms. The van der Waals surface area contributed by atoms with Crippen molar-refractivity contribution in [1.29, 1.82) is 0 Å². The second-order valence-corrected chi connectivity index (χ2v) is 5.93. The molecule has 102 valence electrons. The normalized spacial score (nSPS) is 32.5. The highest BCUT2D eigenvalue weighted by molar-refractivity contribution is 14.1. The highest BCUT2D eigenvalue weighted by atomic mass is 127. The largest absolute Gasteiger partial charge is 0.497 e. The Bertz CT molecular complexity index is 485. The van der Waals surface area contributed by atoms with Crippen LogP contribution in [-0.4, -0.2) is 36.6 Å². The van der Waals surface area contributed by atoms with Crippen molar-refractivity contribution in [3.8, 4) is 5.75 Å². The van der Waals surface area contributed by atoms with Crippen molar-refractivity contribution in [3.63, 3.8) is 0 Å². The van der Waals surface area contributed by atoms with E-state index in [-0.39, 0.29) is 18.3 Å². The van der Waals surface area contributed by atoms with Crippen LogP contribution in [0.3, 0.4) is 0 Å². The molecule has 1 aliphatic heterocycles. The zero-order valence-electron chi connectivity index (χ0n) is 10.5. The van der Waals surface area contributed by atoms with Gasteiger partial charge < -0.3 is 19.3 Å². The van der Waals surface area contributed by atoms with Crippen LogP contribution in [0.15, 0.2) is 33.9 Å². The maximum absolute atomic E-state index is 9.67. The fraction of sp³-hybridized carbons (Fsp3) is 0.429. The first-order valence-corrected chi connectivity index (χ1v) is 7.22. The predicted molar refractivity (Wildman–Crippen MR) is 78.3 cm³/mol. The molecule has 1 aliphatic carbocycles. The first-order valence-electron chi connectivity index (χ1n) is 6.14. The maximum Gasteiger partial charge on any atom is 0.118 e. The predicted octanol–water partition coefficient (Wildman–Crippen LogP) is 2.04. The van der Waals surface area contributed by atoms with Gasteiger partial charge in [0, 0.05) is 3.58 Å². The summed E-state index contributed by atoms with van der Waals surface area (Å²) in [6, 6.07) is 7.80. The zero-order valence-corrected chi connectivity index (χ0v) is 12.6. The highest BCUT2D eigenvalue weighted by Crippen LogP contribution is 2.40. The Morgan fingerprint density at radius 1 is 1.26 bits per heavy atom. The molecule has 3 rings (SSSR count). The number of benzene rings is 1. The van der Waals surface area contributed by atoms with Gasteiger partial charge in [-0.3, -0.25) is 0 Å². The standard InChI is InChI=1S/C14H15IO4/c1-17-9-4-2-8(3-5-9)7-18-12-10(15)6-11(16)13-14(12)19-13/h2-6,11-14,16H,7H2,1H3/t11-,12+,13-,14+/m0/s1. The number of aliphatic hydroxyl groups excluding tert-OH is 1. The molecular formula is C14H15IO4. The Labute approximate surface area is 125 Å². The molecule has 5 heteroatoms. The first-order chi connectivity index (χ1) is 9.19. The van der Waals surface area contributed by atoms with Gasteiger partial charge in [0.15, 0.2) is 0 Å². The van der Waals surface area contributed by atoms with Crippen LogP contribution >= 0.6 is 22.6 Å². The van der Waals surface area contributed by atoms with Crippen LogP contribution in [0.4, 0.5) is 0 Å². The lowest BCUT2D eigenvalue weighted by atomic mass is 10.0. The SMILES string of the molecule is COc1ccc(CO[C@@H]2C(I)=C[C@H](O)[C@@H]3O[C@@H]32)cc1. The molecule has 0 unspecified atom stereocenters. The summed E-state index contributed by atoms with van der Waals surface area (Å²) in [4.78, 5) is 0. The second-order valence-electron chi connectivity index (χ2n) is 4.69. The van der Waals surface area contributed by atoms with Crippen LogP contribution < -0.4 is 4.74 Å². The van der Waals surface area contributed by atoms with E-state index in [1.54, 1.807) is 7.11 Å². The van der Waals surface area contributed by atoms with Crippen molar-refractivity contribution in [2.45, 2.75) is 31.0 Å². The molecule has 0 aromatic heterocycles. The van der Waals surface area contributed by atoms with Gasteiger partial charge in [-0.2, -0.15) is 0 Å². The minimum Gasteiger partial charge on any atom is -0.497 e. The molecule has 1 aromatic rings. The minimum atomic E-state index is -0.488. The van der Waals surface area contributed by atoms with Gasteiger partial charge >= 0.3 is 0 Å². The van der Waals surface area contributed by atoms with E-state index in [4.69, 9.17) is 14.2 Å². The van der Waals surface area contributed by atoms with Crippen molar-refractivity contribution in [2.24, 2.45) is 0 Å². The number of hydrogen-bond acceptors (Lipinski definition) is 4. The van der Waals surface area contributed by atoms with Crippen LogP contribution in [-0.2, 0) is 16.1 Å². The van der Waals surface area contributed by atoms with Gasteiger partial charge in [-0.1, -0.05) is 12.1 Å². The third-order valence-corrected chi connectivity index (χ3v) is 4.36. The number of methoxy groups -OCH3 is 1. The van der Waals surface area contributed by atoms with Crippen LogP contribution in [0.2, 0.25) is 0 Å². The number of aliphatic hydroxyl groups is 1. The molecule has 1 saturated heterocycles. The zero-order chi connectivity index (χ0) is 13.4. The summed E-state index contributed by atoms with van der Waals surface area (Å²) in [5, 5.41) is 9.67. The van der Waals surface area contributed by atoms with Crippen molar-refractivity contribution in [2.75, 3.05) is 7.11 Å². The van der Waals surface area contributed by atoms with Crippen molar-refractivity contribution >= 4 is 22.6 Å². The molecule has 0 saturated carbocycles. The van der Waals surface area contributed by atoms with E-state index in [1.807, 2.05) is 30.3 Å². The lowest BCUT2D eigenvalue weighted by Crippen LogP contribution is -2.30. The number of rotatable bonds is 4. The maximum atomic E-state index is 9.67. The molecular weight excluding hydrogens is 359 g/mol. The summed E-state index contributed by atoms with van der Waals surface area (Å²) in [6.07, 6.45) is 1.19. The fourth-order valence-electron chi connectivity index (χ4n) is 2.25. The molecule has 2 aliphatic rings. The Morgan fingerprint density at radius 3 is 2.68 bits per heavy atom. The van der Waals surface area contributed by atoms with Crippen LogP contribution in [0, 0.1) is 0 Å². The number of halogens is 1. The Hall–Kier alpha value is -0.630. The smallest absolute Gasteiger partial charge is 0.118 e. The monoisotopic (exact) mass is 374 g/mol. The molecule has 1 fully saturated rings. The highest BCUT2D eigenvalue weighted by Gasteiger charge is 2.53. The number of epoxide rings is 1. The quantitative estimate of drug-likeness (QED) is 0.648. The molecule has 0 amide bonds. The van der Waals surface area contributed by atoms with Gasteiger partial charge in [0.05, 0.1) is 13.7 Å². The Kier molecular flexibility index (Phi) is 3.79. The van der Waals surface area contributed by atoms with Crippen molar-refractivity contribution < 1.29 is 19.3 Å². The number of fused-ring (bicyclic) bond motifs is 1. The van der Waals surface area contributed by atoms with Gasteiger partial charge in [-0.25, -0.2) is 0 Å². The van der Waals surface area contributed by atoms with Gasteiger partial charge in [0.25, 0.3) is 0 Å². The van der Waals surface area contributed by atoms with E-state index in [9.17, 15) is 5.11 Å². The summed E-state index contributed by atoms with van der Waals surface area (Å²) >= 11 is 2.21. The summed E-state index contributed by atoms with van der Waals surface area (Å²) in [7, 11) is 1.65. The molecule has 4 atom stereocenters. The van der Waals surface area contributed by atoms with Crippen molar-refractivity contribution in [3.05, 3.63) is 39.5 Å². The third-order valence-electron chi connectivity index (χ3n) is 3.39. The number of ether oxygens (including phenoxy) is 3. The van der Waals surface area contributed by atoms with E-state index in [0.29, 0.717) is 6.61 Å². The second kappa shape index (κ2) is 5.40. The lowest BCUT2D eigenvalue weighted by Gasteiger charge is -2.20. The summed E-state index contributed by atoms with van der Waals surface area (Å²) in [5.74, 6) is 0.838. The van der Waals surface area contributed by atoms with Gasteiger partial charge in [-0.05, 0) is 46.4 Å². The van der Waals surface area contributed by atoms with E-state index >= 15 is 0 Å². The summed E-state index contributed by atoms with van der Waals surface area (Å²) in [5.41, 5.74) is 1.09. The fourth-order valence-corrected chi connectivity index (χ4v) is 3.15. The lowest BCUT2D eigenvalue weighted by molar-refractivity contribution is 0.0497. The summed E-state index contributed by atoms with van der Waals surface area (Å²) < 4.78 is 17.5. The molecule has 0 spiro atoms. The van der Waals surface area contributed by atoms with Crippen molar-refractivity contribution in [1.82, 2.24) is 0 Å². The molecule has 1 N–H and O–H groups in total. The van der Waals surface area contributed by atoms with E-state index in [2.05, 4.69) is 22.6 Å². The van der Waals surface area contributed by atoms with Crippen LogP contribution in [0.5, 0.6) is 5.75 Å². The molecule has 0 radical (unpaired) electrons. The molecule has 1 aromatic carbocycles. The van der Waals surface area contributed by atoms with Gasteiger partial charge in [0.2, 0.25) is 0 Å². The first kappa shape index (κ1) is 13.4. The molecule has 4 nitrogen and oxygen atoms in total. The topological polar surface area (TPSA) is 51.2 Å². The summed E-state index contributed by atoms with van der Waals surface area (Å²) in [6.45, 7) is 0.525. The molecule has 0 bridgehead atoms. The van der Waals surface area contributed by atoms with Crippen LogP contribution in [0.1, 0.15) is 5.56 Å². The van der Waals surface area contributed by atoms with Gasteiger partial charge in [-0.15, -0.1) is 0 Å². The average Bonchev–Trinajstić information content (AvgIpc) is 3.20.